The van der Waals surface area contributed by atoms with Gasteiger partial charge in [-0.15, -0.1) is 0 Å². The molecule has 5 rings (SSSR count). The molecule has 22 heavy (non-hydrogen) atoms. The van der Waals surface area contributed by atoms with Gasteiger partial charge in [-0.05, 0) is 110 Å². The highest BCUT2D eigenvalue weighted by Gasteiger charge is 2.51. The lowest BCUT2D eigenvalue weighted by Crippen LogP contribution is -2.48. The molecule has 0 N–H and O–H groups in total. The molecule has 2 nitrogen and oxygen atoms in total. The topological polar surface area (TPSA) is 26.3 Å². The summed E-state index contributed by atoms with van der Waals surface area (Å²) in [5.41, 5.74) is 2.15. The van der Waals surface area contributed by atoms with E-state index in [0.29, 0.717) is 17.6 Å². The van der Waals surface area contributed by atoms with E-state index in [1.165, 1.54) is 42.1 Å². The number of ether oxygens (including phenoxy) is 1. The first-order chi connectivity index (χ1) is 10.5. The minimum absolute atomic E-state index is 0.143. The lowest BCUT2D eigenvalue weighted by atomic mass is 9.50. The maximum atomic E-state index is 12.4. The van der Waals surface area contributed by atoms with Gasteiger partial charge in [-0.2, -0.15) is 0 Å². The van der Waals surface area contributed by atoms with Gasteiger partial charge in [-0.1, -0.05) is 0 Å². The highest BCUT2D eigenvalue weighted by molar-refractivity contribution is 14.1. The van der Waals surface area contributed by atoms with Gasteiger partial charge in [0.2, 0.25) is 0 Å². The van der Waals surface area contributed by atoms with E-state index in [-0.39, 0.29) is 5.97 Å². The molecule has 4 fully saturated rings. The molecule has 0 atom stereocenters. The van der Waals surface area contributed by atoms with Crippen LogP contribution in [0.5, 0.6) is 0 Å². The summed E-state index contributed by atoms with van der Waals surface area (Å²) in [7, 11) is 0. The number of rotatable bonds is 3. The molecule has 0 aliphatic heterocycles. The highest BCUT2D eigenvalue weighted by Crippen LogP contribution is 2.60. The van der Waals surface area contributed by atoms with Gasteiger partial charge in [-0.3, -0.25) is 0 Å². The summed E-state index contributed by atoms with van der Waals surface area (Å²) in [5, 5.41) is 0. The van der Waals surface area contributed by atoms with Gasteiger partial charge in [0.25, 0.3) is 0 Å². The van der Waals surface area contributed by atoms with Crippen molar-refractivity contribution in [3.05, 3.63) is 32.9 Å². The molecule has 0 unspecified atom stereocenters. The quantitative estimate of drug-likeness (QED) is 0.520. The molecule has 4 aliphatic carbocycles. The van der Waals surface area contributed by atoms with Crippen LogP contribution in [-0.2, 0) is 4.74 Å². The van der Waals surface area contributed by atoms with E-state index in [1.807, 2.05) is 25.1 Å². The van der Waals surface area contributed by atoms with Crippen LogP contribution in [0.3, 0.4) is 0 Å². The minimum atomic E-state index is -0.143. The number of hydrogen-bond donors (Lipinski definition) is 0. The van der Waals surface area contributed by atoms with Crippen LogP contribution in [0.25, 0.3) is 0 Å². The van der Waals surface area contributed by atoms with Crippen molar-refractivity contribution in [1.82, 2.24) is 0 Å². The molecule has 1 aromatic carbocycles. The molecule has 0 aromatic heterocycles. The van der Waals surface area contributed by atoms with Gasteiger partial charge >= 0.3 is 5.97 Å². The molecule has 4 bridgehead atoms. The summed E-state index contributed by atoms with van der Waals surface area (Å²) in [5.74, 6) is 2.58. The summed E-state index contributed by atoms with van der Waals surface area (Å²) in [4.78, 5) is 12.4. The van der Waals surface area contributed by atoms with Crippen LogP contribution in [0.2, 0.25) is 0 Å². The highest BCUT2D eigenvalue weighted by atomic mass is 127. The second kappa shape index (κ2) is 5.50. The van der Waals surface area contributed by atoms with Crippen LogP contribution in [-0.4, -0.2) is 12.6 Å². The zero-order valence-electron chi connectivity index (χ0n) is 13.1. The molecule has 0 spiro atoms. The predicted octanol–water partition coefficient (Wildman–Crippen LogP) is 4.97. The first kappa shape index (κ1) is 15.0. The van der Waals surface area contributed by atoms with Crippen molar-refractivity contribution in [3.63, 3.8) is 0 Å². The normalized spacial score (nSPS) is 35.6. The van der Waals surface area contributed by atoms with Gasteiger partial charge in [-0.25, -0.2) is 4.79 Å². The van der Waals surface area contributed by atoms with Crippen LogP contribution in [0, 0.1) is 33.7 Å². The average molecular weight is 410 g/mol. The Morgan fingerprint density at radius 3 is 2.32 bits per heavy atom. The molecule has 0 saturated heterocycles. The van der Waals surface area contributed by atoms with Gasteiger partial charge in [0.1, 0.15) is 0 Å². The van der Waals surface area contributed by atoms with Gasteiger partial charge in [0, 0.05) is 8.99 Å². The third-order valence-electron chi connectivity index (χ3n) is 6.07. The van der Waals surface area contributed by atoms with E-state index >= 15 is 0 Å². The van der Waals surface area contributed by atoms with Crippen LogP contribution < -0.4 is 0 Å². The van der Waals surface area contributed by atoms with Crippen molar-refractivity contribution in [3.8, 4) is 0 Å². The van der Waals surface area contributed by atoms with Crippen LogP contribution in [0.1, 0.15) is 54.4 Å². The third kappa shape index (κ3) is 2.70. The van der Waals surface area contributed by atoms with E-state index in [2.05, 4.69) is 22.6 Å². The summed E-state index contributed by atoms with van der Waals surface area (Å²) < 4.78 is 6.96. The van der Waals surface area contributed by atoms with Crippen molar-refractivity contribution in [2.75, 3.05) is 6.61 Å². The molecule has 0 heterocycles. The average Bonchev–Trinajstić information content (AvgIpc) is 2.46. The second-order valence-corrected chi connectivity index (χ2v) is 9.12. The number of benzene rings is 1. The SMILES string of the molecule is Cc1cc(C(=O)OCC23CC4CC(CC(C4)C2)C3)ccc1I. The Hall–Kier alpha value is -0.580. The molecule has 1 aromatic rings. The Balaban J connectivity index is 1.44. The first-order valence-electron chi connectivity index (χ1n) is 8.46. The fourth-order valence-corrected chi connectivity index (χ4v) is 5.88. The van der Waals surface area contributed by atoms with Crippen molar-refractivity contribution in [2.24, 2.45) is 23.2 Å². The Morgan fingerprint density at radius 1 is 1.18 bits per heavy atom. The van der Waals surface area contributed by atoms with Crippen molar-refractivity contribution < 1.29 is 9.53 Å². The monoisotopic (exact) mass is 410 g/mol. The molecular formula is C19H23IO2. The van der Waals surface area contributed by atoms with E-state index in [1.54, 1.807) is 0 Å². The van der Waals surface area contributed by atoms with Crippen molar-refractivity contribution in [1.29, 1.82) is 0 Å². The van der Waals surface area contributed by atoms with E-state index in [4.69, 9.17) is 4.74 Å². The Morgan fingerprint density at radius 2 is 1.77 bits per heavy atom. The molecule has 0 radical (unpaired) electrons. The summed E-state index contributed by atoms with van der Waals surface area (Å²) in [6.07, 6.45) is 8.17. The van der Waals surface area contributed by atoms with Crippen LogP contribution in [0.4, 0.5) is 0 Å². The number of aryl methyl sites for hydroxylation is 1. The maximum Gasteiger partial charge on any atom is 0.338 e. The largest absolute Gasteiger partial charge is 0.462 e. The molecule has 118 valence electrons. The van der Waals surface area contributed by atoms with E-state index < -0.39 is 0 Å². The number of carbonyl (C=O) groups is 1. The summed E-state index contributed by atoms with van der Waals surface area (Å²) in [6.45, 7) is 2.68. The fourth-order valence-electron chi connectivity index (χ4n) is 5.54. The summed E-state index contributed by atoms with van der Waals surface area (Å²) >= 11 is 2.29. The lowest BCUT2D eigenvalue weighted by molar-refractivity contribution is -0.0848. The minimum Gasteiger partial charge on any atom is -0.462 e. The Bertz CT molecular complexity index is 572. The van der Waals surface area contributed by atoms with Crippen LogP contribution >= 0.6 is 22.6 Å². The Labute approximate surface area is 146 Å². The van der Waals surface area contributed by atoms with Crippen LogP contribution in [0.15, 0.2) is 18.2 Å². The molecule has 4 saturated carbocycles. The maximum absolute atomic E-state index is 12.4. The zero-order valence-corrected chi connectivity index (χ0v) is 15.3. The Kier molecular flexibility index (Phi) is 3.74. The molecule has 3 heteroatoms. The van der Waals surface area contributed by atoms with Gasteiger partial charge in [0.15, 0.2) is 0 Å². The third-order valence-corrected chi connectivity index (χ3v) is 7.28. The summed E-state index contributed by atoms with van der Waals surface area (Å²) in [6, 6.07) is 5.83. The predicted molar refractivity (Wildman–Crippen MR) is 94.8 cm³/mol. The van der Waals surface area contributed by atoms with E-state index in [9.17, 15) is 4.79 Å². The van der Waals surface area contributed by atoms with E-state index in [0.717, 1.165) is 23.3 Å². The fraction of sp³-hybridized carbons (Fsp3) is 0.632. The molecular weight excluding hydrogens is 387 g/mol. The smallest absolute Gasteiger partial charge is 0.338 e. The van der Waals surface area contributed by atoms with Crippen molar-refractivity contribution >= 4 is 28.6 Å². The number of esters is 1. The zero-order chi connectivity index (χ0) is 15.3. The number of carbonyl (C=O) groups excluding carboxylic acids is 1. The standard InChI is InChI=1S/C19H23IO2/c1-12-4-16(2-3-17(12)20)18(21)22-11-19-8-13-5-14(9-19)7-15(6-13)10-19/h2-4,13-15H,5-11H2,1H3. The van der Waals surface area contributed by atoms with Gasteiger partial charge < -0.3 is 4.74 Å². The molecule has 4 aliphatic rings. The first-order valence-corrected chi connectivity index (χ1v) is 9.54. The lowest BCUT2D eigenvalue weighted by Gasteiger charge is -2.56. The number of halogens is 1. The van der Waals surface area contributed by atoms with Gasteiger partial charge in [0.05, 0.1) is 12.2 Å². The number of hydrogen-bond acceptors (Lipinski definition) is 2. The second-order valence-electron chi connectivity index (χ2n) is 7.96. The molecule has 0 amide bonds. The van der Waals surface area contributed by atoms with Crippen molar-refractivity contribution in [2.45, 2.75) is 45.4 Å².